The molecule has 2 aromatic carbocycles. The van der Waals surface area contributed by atoms with Crippen LogP contribution in [0.15, 0.2) is 36.4 Å². The second-order valence-corrected chi connectivity index (χ2v) is 8.38. The molecule has 0 radical (unpaired) electrons. The molecule has 3 atom stereocenters. The number of hydrogen-bond acceptors (Lipinski definition) is 4. The van der Waals surface area contributed by atoms with Gasteiger partial charge in [0.2, 0.25) is 11.8 Å². The maximum atomic E-state index is 15.5. The number of carbonyl (C=O) groups is 4. The van der Waals surface area contributed by atoms with Crippen LogP contribution in [0.4, 0.5) is 17.6 Å². The number of nitrogens with zero attached hydrogens (tertiary/aromatic N) is 1. The second kappa shape index (κ2) is 8.39. The van der Waals surface area contributed by atoms with Crippen LogP contribution < -0.4 is 11.1 Å². The molecule has 0 saturated carbocycles. The van der Waals surface area contributed by atoms with Gasteiger partial charge in [0.15, 0.2) is 0 Å². The van der Waals surface area contributed by atoms with E-state index in [0.717, 1.165) is 24.3 Å². The topological polar surface area (TPSA) is 110 Å². The summed E-state index contributed by atoms with van der Waals surface area (Å²) >= 11 is 5.82. The number of imide groups is 1. The summed E-state index contributed by atoms with van der Waals surface area (Å²) in [7, 11) is 0. The third-order valence-electron chi connectivity index (χ3n) is 5.95. The lowest BCUT2D eigenvalue weighted by Crippen LogP contribution is -2.54. The molecule has 4 amide bonds. The predicted molar refractivity (Wildman–Crippen MR) is 110 cm³/mol. The maximum absolute atomic E-state index is 15.5. The quantitative estimate of drug-likeness (QED) is 0.499. The summed E-state index contributed by atoms with van der Waals surface area (Å²) in [4.78, 5) is 49.8. The summed E-state index contributed by atoms with van der Waals surface area (Å²) in [6.45, 7) is 0. The van der Waals surface area contributed by atoms with Gasteiger partial charge in [0.05, 0.1) is 11.6 Å². The molecule has 2 aromatic rings. The van der Waals surface area contributed by atoms with E-state index in [1.807, 2.05) is 5.32 Å². The van der Waals surface area contributed by atoms with Gasteiger partial charge >= 0.3 is 6.18 Å². The first kappa shape index (κ1) is 23.7. The van der Waals surface area contributed by atoms with Crippen LogP contribution in [0.25, 0.3) is 0 Å². The van der Waals surface area contributed by atoms with Crippen molar-refractivity contribution >= 4 is 35.2 Å². The third kappa shape index (κ3) is 3.89. The number of halogens is 5. The summed E-state index contributed by atoms with van der Waals surface area (Å²) in [6.07, 6.45) is -5.50. The van der Waals surface area contributed by atoms with E-state index < -0.39 is 70.3 Å². The molecule has 2 heterocycles. The Bertz CT molecular complexity index is 1220. The van der Waals surface area contributed by atoms with Crippen LogP contribution >= 0.6 is 11.6 Å². The van der Waals surface area contributed by atoms with Gasteiger partial charge in [-0.05, 0) is 36.2 Å². The molecule has 0 bridgehead atoms. The molecular weight excluding hydrogens is 482 g/mol. The molecule has 2 aliphatic heterocycles. The first-order valence-corrected chi connectivity index (χ1v) is 10.4. The zero-order chi connectivity index (χ0) is 24.9. The SMILES string of the molecule is NC(=O)c1ccc2c(c1F)C([C@@H](c1ccc(Cl)cc1)C(F)(F)F)N(C1CCC(=O)NC1=O)C2=O. The van der Waals surface area contributed by atoms with E-state index in [2.05, 4.69) is 0 Å². The summed E-state index contributed by atoms with van der Waals surface area (Å²) in [5, 5.41) is 2.15. The van der Waals surface area contributed by atoms with Crippen molar-refractivity contribution in [3.63, 3.8) is 0 Å². The van der Waals surface area contributed by atoms with Gasteiger partial charge in [0, 0.05) is 22.6 Å². The highest BCUT2D eigenvalue weighted by atomic mass is 35.5. The van der Waals surface area contributed by atoms with Crippen LogP contribution in [0.5, 0.6) is 0 Å². The van der Waals surface area contributed by atoms with Crippen molar-refractivity contribution in [3.8, 4) is 0 Å². The van der Waals surface area contributed by atoms with Crippen LogP contribution in [-0.2, 0) is 9.59 Å². The highest BCUT2D eigenvalue weighted by molar-refractivity contribution is 6.30. The Morgan fingerprint density at radius 2 is 1.76 bits per heavy atom. The lowest BCUT2D eigenvalue weighted by Gasteiger charge is -2.39. The van der Waals surface area contributed by atoms with Crippen molar-refractivity contribution in [3.05, 3.63) is 69.5 Å². The predicted octanol–water partition coefficient (Wildman–Crippen LogP) is 3.23. The fourth-order valence-electron chi connectivity index (χ4n) is 4.49. The van der Waals surface area contributed by atoms with Gasteiger partial charge in [-0.1, -0.05) is 23.7 Å². The van der Waals surface area contributed by atoms with Crippen molar-refractivity contribution in [2.75, 3.05) is 0 Å². The largest absolute Gasteiger partial charge is 0.398 e. The summed E-state index contributed by atoms with van der Waals surface area (Å²) in [5.41, 5.74) is 3.02. The number of rotatable bonds is 4. The number of piperidine rings is 1. The number of hydrogen-bond donors (Lipinski definition) is 2. The molecule has 4 rings (SSSR count). The number of nitrogens with one attached hydrogen (secondary N) is 1. The highest BCUT2D eigenvalue weighted by Gasteiger charge is 2.57. The van der Waals surface area contributed by atoms with Crippen molar-refractivity contribution in [2.24, 2.45) is 5.73 Å². The first-order valence-electron chi connectivity index (χ1n) is 10.0. The van der Waals surface area contributed by atoms with E-state index in [-0.39, 0.29) is 23.4 Å². The number of benzene rings is 2. The van der Waals surface area contributed by atoms with Crippen molar-refractivity contribution in [2.45, 2.75) is 37.0 Å². The summed E-state index contributed by atoms with van der Waals surface area (Å²) in [5.74, 6) is -7.75. The number of carbonyl (C=O) groups excluding carboxylic acids is 4. The minimum Gasteiger partial charge on any atom is -0.366 e. The van der Waals surface area contributed by atoms with Crippen LogP contribution in [0.2, 0.25) is 5.02 Å². The average Bonchev–Trinajstić information content (AvgIpc) is 3.02. The van der Waals surface area contributed by atoms with Gasteiger partial charge in [0.1, 0.15) is 17.8 Å². The normalized spacial score (nSPS) is 21.3. The number of fused-ring (bicyclic) bond motifs is 1. The van der Waals surface area contributed by atoms with Gasteiger partial charge in [-0.15, -0.1) is 0 Å². The van der Waals surface area contributed by atoms with E-state index in [4.69, 9.17) is 17.3 Å². The average molecular weight is 498 g/mol. The molecule has 0 aliphatic carbocycles. The van der Waals surface area contributed by atoms with Crippen molar-refractivity contribution < 1.29 is 36.7 Å². The second-order valence-electron chi connectivity index (χ2n) is 7.95. The van der Waals surface area contributed by atoms with E-state index in [1.165, 1.54) is 12.1 Å². The molecule has 7 nitrogen and oxygen atoms in total. The number of alkyl halides is 3. The molecule has 178 valence electrons. The molecule has 2 aliphatic rings. The Labute approximate surface area is 194 Å². The molecule has 0 spiro atoms. The zero-order valence-corrected chi connectivity index (χ0v) is 17.9. The van der Waals surface area contributed by atoms with Gasteiger partial charge < -0.3 is 10.6 Å². The minimum absolute atomic E-state index is 0.150. The Morgan fingerprint density at radius 3 is 2.32 bits per heavy atom. The highest BCUT2D eigenvalue weighted by Crippen LogP contribution is 2.52. The number of amides is 4. The molecular formula is C22H16ClF4N3O4. The molecule has 1 fully saturated rings. The third-order valence-corrected chi connectivity index (χ3v) is 6.20. The van der Waals surface area contributed by atoms with Gasteiger partial charge in [-0.25, -0.2) is 4.39 Å². The van der Waals surface area contributed by atoms with Gasteiger partial charge in [-0.3, -0.25) is 24.5 Å². The molecule has 12 heteroatoms. The Balaban J connectivity index is 1.98. The maximum Gasteiger partial charge on any atom is 0.398 e. The van der Waals surface area contributed by atoms with Crippen LogP contribution in [0, 0.1) is 5.82 Å². The monoisotopic (exact) mass is 497 g/mol. The molecule has 2 unspecified atom stereocenters. The molecule has 1 saturated heterocycles. The Morgan fingerprint density at radius 1 is 1.12 bits per heavy atom. The minimum atomic E-state index is -5.02. The van der Waals surface area contributed by atoms with Crippen molar-refractivity contribution in [1.29, 1.82) is 0 Å². The Kier molecular flexibility index (Phi) is 5.84. The summed E-state index contributed by atoms with van der Waals surface area (Å²) < 4.78 is 59.0. The molecule has 0 aromatic heterocycles. The van der Waals surface area contributed by atoms with E-state index >= 15 is 4.39 Å². The number of nitrogens with two attached hydrogens (primary N) is 1. The van der Waals surface area contributed by atoms with E-state index in [9.17, 15) is 32.3 Å². The molecule has 34 heavy (non-hydrogen) atoms. The first-order chi connectivity index (χ1) is 15.9. The van der Waals surface area contributed by atoms with E-state index in [1.54, 1.807) is 0 Å². The Hall–Kier alpha value is -3.47. The fraction of sp³-hybridized carbons (Fsp3) is 0.273. The smallest absolute Gasteiger partial charge is 0.366 e. The van der Waals surface area contributed by atoms with Crippen LogP contribution in [-0.4, -0.2) is 40.7 Å². The van der Waals surface area contributed by atoms with E-state index in [0.29, 0.717) is 4.90 Å². The van der Waals surface area contributed by atoms with Gasteiger partial charge in [0.25, 0.3) is 11.8 Å². The lowest BCUT2D eigenvalue weighted by atomic mass is 9.84. The number of primary amides is 1. The van der Waals surface area contributed by atoms with Crippen LogP contribution in [0.1, 0.15) is 56.6 Å². The van der Waals surface area contributed by atoms with Crippen molar-refractivity contribution in [1.82, 2.24) is 10.2 Å². The molecule has 3 N–H and O–H groups in total. The van der Waals surface area contributed by atoms with Crippen LogP contribution in [0.3, 0.4) is 0 Å². The zero-order valence-electron chi connectivity index (χ0n) is 17.2. The lowest BCUT2D eigenvalue weighted by molar-refractivity contribution is -0.167. The standard InChI is InChI=1S/C22H16ClF4N3O4/c23-10-3-1-9(2-4-10)16(22(25,26)27)18-15-11(5-6-12(17(15)24)19(28)32)21(34)30(18)13-7-8-14(31)29-20(13)33/h1-6,13,16,18H,7-8H2,(H2,28,32)(H,29,31,33)/t13?,16-,18?/m1/s1. The van der Waals surface area contributed by atoms with Gasteiger partial charge in [-0.2, -0.15) is 13.2 Å². The summed E-state index contributed by atoms with van der Waals surface area (Å²) in [6, 6.07) is 2.98. The fourth-order valence-corrected chi connectivity index (χ4v) is 4.62.